The van der Waals surface area contributed by atoms with Gasteiger partial charge >= 0.3 is 11.9 Å². The topological polar surface area (TPSA) is 130 Å². The van der Waals surface area contributed by atoms with Crippen LogP contribution in [0, 0.1) is 0 Å². The fourth-order valence-corrected chi connectivity index (χ4v) is 4.54. The summed E-state index contributed by atoms with van der Waals surface area (Å²) >= 11 is 0. The molecule has 2 aromatic rings. The third-order valence-electron chi connectivity index (χ3n) is 5.39. The SMILES string of the molecule is CCC(C(=O)O)(c1ccc(OC)cc1)C(C)c1ccc(S(=O)(=O)NCC(=O)O)cc1. The van der Waals surface area contributed by atoms with Gasteiger partial charge in [0.25, 0.3) is 0 Å². The van der Waals surface area contributed by atoms with Crippen molar-refractivity contribution in [2.75, 3.05) is 13.7 Å². The number of carboxylic acids is 2. The summed E-state index contributed by atoms with van der Waals surface area (Å²) in [5.74, 6) is -2.14. The van der Waals surface area contributed by atoms with E-state index < -0.39 is 39.8 Å². The number of benzene rings is 2. The molecule has 0 saturated heterocycles. The number of aliphatic carboxylic acids is 2. The third kappa shape index (κ3) is 4.63. The highest BCUT2D eigenvalue weighted by Crippen LogP contribution is 2.42. The monoisotopic (exact) mass is 435 g/mol. The number of sulfonamides is 1. The molecule has 0 amide bonds. The molecule has 0 heterocycles. The lowest BCUT2D eigenvalue weighted by Crippen LogP contribution is -2.40. The maximum absolute atomic E-state index is 12.4. The van der Waals surface area contributed by atoms with Gasteiger partial charge in [-0.25, -0.2) is 8.42 Å². The van der Waals surface area contributed by atoms with Crippen LogP contribution in [-0.2, 0) is 25.0 Å². The minimum atomic E-state index is -3.98. The van der Waals surface area contributed by atoms with Gasteiger partial charge in [-0.05, 0) is 41.8 Å². The number of ether oxygens (including phenoxy) is 1. The largest absolute Gasteiger partial charge is 0.497 e. The van der Waals surface area contributed by atoms with Crippen LogP contribution in [0.3, 0.4) is 0 Å². The van der Waals surface area contributed by atoms with Crippen molar-refractivity contribution in [1.82, 2.24) is 4.72 Å². The molecule has 0 bridgehead atoms. The maximum atomic E-state index is 12.4. The van der Waals surface area contributed by atoms with Gasteiger partial charge in [-0.15, -0.1) is 0 Å². The smallest absolute Gasteiger partial charge is 0.318 e. The van der Waals surface area contributed by atoms with Crippen LogP contribution >= 0.6 is 0 Å². The Bertz CT molecular complexity index is 1000. The fraction of sp³-hybridized carbons (Fsp3) is 0.333. The van der Waals surface area contributed by atoms with Gasteiger partial charge in [0.15, 0.2) is 0 Å². The van der Waals surface area contributed by atoms with Crippen molar-refractivity contribution >= 4 is 22.0 Å². The standard InChI is InChI=1S/C21H25NO7S/c1-4-21(20(25)26,16-7-9-17(29-3)10-8-16)14(2)15-5-11-18(12-6-15)30(27,28)22-13-19(23)24/h5-12,14,22H,4,13H2,1-3H3,(H,23,24)(H,25,26). The van der Waals surface area contributed by atoms with Gasteiger partial charge in [-0.1, -0.05) is 38.1 Å². The zero-order valence-corrected chi connectivity index (χ0v) is 17.8. The van der Waals surface area contributed by atoms with E-state index in [1.54, 1.807) is 50.2 Å². The molecule has 0 aromatic heterocycles. The Morgan fingerprint density at radius 1 is 1.07 bits per heavy atom. The first-order chi connectivity index (χ1) is 14.1. The van der Waals surface area contributed by atoms with Crippen LogP contribution in [0.15, 0.2) is 53.4 Å². The zero-order chi connectivity index (χ0) is 22.5. The van der Waals surface area contributed by atoms with Crippen molar-refractivity contribution in [3.05, 3.63) is 59.7 Å². The highest BCUT2D eigenvalue weighted by Gasteiger charge is 2.44. The number of nitrogens with one attached hydrogen (secondary N) is 1. The first kappa shape index (κ1) is 23.4. The third-order valence-corrected chi connectivity index (χ3v) is 6.80. The summed E-state index contributed by atoms with van der Waals surface area (Å²) < 4.78 is 31.5. The minimum absolute atomic E-state index is 0.0958. The van der Waals surface area contributed by atoms with Crippen molar-refractivity contribution < 1.29 is 33.0 Å². The summed E-state index contributed by atoms with van der Waals surface area (Å²) in [5.41, 5.74) is 0.0340. The van der Waals surface area contributed by atoms with Crippen LogP contribution in [0.2, 0.25) is 0 Å². The highest BCUT2D eigenvalue weighted by molar-refractivity contribution is 7.89. The minimum Gasteiger partial charge on any atom is -0.497 e. The van der Waals surface area contributed by atoms with E-state index in [0.717, 1.165) is 0 Å². The Kier molecular flexibility index (Phi) is 7.22. The van der Waals surface area contributed by atoms with E-state index in [1.165, 1.54) is 19.2 Å². The number of carbonyl (C=O) groups is 2. The molecule has 8 nitrogen and oxygen atoms in total. The lowest BCUT2D eigenvalue weighted by atomic mass is 9.66. The van der Waals surface area contributed by atoms with Crippen molar-refractivity contribution in [3.63, 3.8) is 0 Å². The summed E-state index contributed by atoms with van der Waals surface area (Å²) in [6, 6.07) is 12.6. The van der Waals surface area contributed by atoms with E-state index in [0.29, 0.717) is 23.3 Å². The molecule has 0 radical (unpaired) electrons. The Hall–Kier alpha value is -2.91. The Morgan fingerprint density at radius 2 is 1.63 bits per heavy atom. The molecule has 0 aliphatic carbocycles. The summed E-state index contributed by atoms with van der Waals surface area (Å²) in [4.78, 5) is 22.9. The molecule has 2 unspecified atom stereocenters. The van der Waals surface area contributed by atoms with Gasteiger partial charge in [0.1, 0.15) is 12.3 Å². The van der Waals surface area contributed by atoms with Gasteiger partial charge in [0.2, 0.25) is 10.0 Å². The molecule has 0 saturated carbocycles. The molecule has 0 aliphatic heterocycles. The van der Waals surface area contributed by atoms with Crippen molar-refractivity contribution in [2.24, 2.45) is 0 Å². The van der Waals surface area contributed by atoms with E-state index in [2.05, 4.69) is 0 Å². The lowest BCUT2D eigenvalue weighted by Gasteiger charge is -2.35. The van der Waals surface area contributed by atoms with E-state index in [4.69, 9.17) is 9.84 Å². The average molecular weight is 435 g/mol. The molecule has 162 valence electrons. The molecule has 3 N–H and O–H groups in total. The average Bonchev–Trinajstić information content (AvgIpc) is 2.73. The summed E-state index contributed by atoms with van der Waals surface area (Å²) in [6.07, 6.45) is 0.316. The Morgan fingerprint density at radius 3 is 2.07 bits per heavy atom. The van der Waals surface area contributed by atoms with Crippen LogP contribution < -0.4 is 9.46 Å². The maximum Gasteiger partial charge on any atom is 0.318 e. The Labute approximate surface area is 175 Å². The van der Waals surface area contributed by atoms with Crippen molar-refractivity contribution in [1.29, 1.82) is 0 Å². The van der Waals surface area contributed by atoms with Gasteiger partial charge < -0.3 is 14.9 Å². The van der Waals surface area contributed by atoms with Gasteiger partial charge in [0, 0.05) is 5.92 Å². The number of carboxylic acid groups (broad SMARTS) is 2. The van der Waals surface area contributed by atoms with Crippen LogP contribution in [-0.4, -0.2) is 44.2 Å². The second-order valence-electron chi connectivity index (χ2n) is 6.87. The second-order valence-corrected chi connectivity index (χ2v) is 8.63. The summed E-state index contributed by atoms with van der Waals surface area (Å²) in [6.45, 7) is 2.85. The molecule has 2 rings (SSSR count). The lowest BCUT2D eigenvalue weighted by molar-refractivity contribution is -0.145. The zero-order valence-electron chi connectivity index (χ0n) is 17.0. The van der Waals surface area contributed by atoms with E-state index in [-0.39, 0.29) is 4.90 Å². The number of hydrogen-bond acceptors (Lipinski definition) is 5. The summed E-state index contributed by atoms with van der Waals surface area (Å²) in [5, 5.41) is 18.8. The number of rotatable bonds is 10. The van der Waals surface area contributed by atoms with E-state index >= 15 is 0 Å². The van der Waals surface area contributed by atoms with Crippen LogP contribution in [0.1, 0.15) is 37.3 Å². The first-order valence-corrected chi connectivity index (χ1v) is 10.8. The molecular formula is C21H25NO7S. The van der Waals surface area contributed by atoms with E-state index in [9.17, 15) is 23.1 Å². The predicted octanol–water partition coefficient (Wildman–Crippen LogP) is 2.59. The highest BCUT2D eigenvalue weighted by atomic mass is 32.2. The molecule has 0 fully saturated rings. The molecule has 2 atom stereocenters. The van der Waals surface area contributed by atoms with Crippen molar-refractivity contribution in [2.45, 2.75) is 36.5 Å². The quantitative estimate of drug-likeness (QED) is 0.523. The molecule has 9 heteroatoms. The summed E-state index contributed by atoms with van der Waals surface area (Å²) in [7, 11) is -2.45. The number of methoxy groups -OCH3 is 1. The normalized spacial score (nSPS) is 14.5. The predicted molar refractivity (Wildman–Crippen MR) is 110 cm³/mol. The van der Waals surface area contributed by atoms with Crippen LogP contribution in [0.5, 0.6) is 5.75 Å². The first-order valence-electron chi connectivity index (χ1n) is 9.27. The van der Waals surface area contributed by atoms with Crippen molar-refractivity contribution in [3.8, 4) is 5.75 Å². The van der Waals surface area contributed by atoms with Crippen LogP contribution in [0.4, 0.5) is 0 Å². The fourth-order valence-electron chi connectivity index (χ4n) is 3.57. The molecule has 0 aliphatic rings. The van der Waals surface area contributed by atoms with Gasteiger partial charge in [0.05, 0.1) is 17.4 Å². The molecular weight excluding hydrogens is 410 g/mol. The molecule has 30 heavy (non-hydrogen) atoms. The second kappa shape index (κ2) is 9.27. The van der Waals surface area contributed by atoms with Crippen LogP contribution in [0.25, 0.3) is 0 Å². The molecule has 2 aromatic carbocycles. The molecule has 0 spiro atoms. The van der Waals surface area contributed by atoms with Gasteiger partial charge in [-0.3, -0.25) is 9.59 Å². The number of hydrogen-bond donors (Lipinski definition) is 3. The Balaban J connectivity index is 2.42. The van der Waals surface area contributed by atoms with E-state index in [1.807, 2.05) is 4.72 Å². The van der Waals surface area contributed by atoms with Gasteiger partial charge in [-0.2, -0.15) is 4.72 Å².